The molecular weight excluding hydrogens is 496 g/mol. The standard InChI is InChI=1S/C39H26N2/c1-3-15-27(16-4-1)29-19-7-8-20-30(29)37-31-21-9-11-23-33(31)38(34-24-12-10-22-32(34)37)41-36-26-14-13-25-35(36)40-39(41)28-17-5-2-6-18-28/h1-26H/i1D,3D,4D,9D,10D,11D,12D,15D,16D,21D,22D,23D,24D. The molecule has 8 rings (SSSR count). The topological polar surface area (TPSA) is 17.8 Å². The summed E-state index contributed by atoms with van der Waals surface area (Å²) in [6.45, 7) is 0. The predicted octanol–water partition coefficient (Wildman–Crippen LogP) is 10.3. The van der Waals surface area contributed by atoms with E-state index in [-0.39, 0.29) is 49.5 Å². The lowest BCUT2D eigenvalue weighted by Gasteiger charge is -2.21. The fourth-order valence-corrected chi connectivity index (χ4v) is 5.44. The van der Waals surface area contributed by atoms with Crippen molar-refractivity contribution >= 4 is 32.6 Å². The van der Waals surface area contributed by atoms with Gasteiger partial charge in [-0.05, 0) is 45.2 Å². The molecule has 192 valence electrons. The molecule has 0 aliphatic rings. The molecule has 0 amide bonds. The van der Waals surface area contributed by atoms with E-state index in [0.717, 1.165) is 0 Å². The highest BCUT2D eigenvalue weighted by atomic mass is 15.1. The van der Waals surface area contributed by atoms with Crippen LogP contribution in [0.25, 0.3) is 71.9 Å². The maximum atomic E-state index is 9.43. The Bertz CT molecular complexity index is 2810. The molecule has 2 nitrogen and oxygen atoms in total. The van der Waals surface area contributed by atoms with E-state index in [0.29, 0.717) is 22.4 Å². The lowest BCUT2D eigenvalue weighted by molar-refractivity contribution is 1.13. The molecule has 1 aromatic heterocycles. The van der Waals surface area contributed by atoms with Crippen molar-refractivity contribution in [3.8, 4) is 39.3 Å². The van der Waals surface area contributed by atoms with Crippen molar-refractivity contribution in [2.24, 2.45) is 0 Å². The fraction of sp³-hybridized carbons (Fsp3) is 0. The average molecular weight is 536 g/mol. The predicted molar refractivity (Wildman–Crippen MR) is 172 cm³/mol. The number of para-hydroxylation sites is 2. The summed E-state index contributed by atoms with van der Waals surface area (Å²) in [6, 6.07) is 15.3. The minimum atomic E-state index is -0.600. The Morgan fingerprint density at radius 1 is 0.488 bits per heavy atom. The van der Waals surface area contributed by atoms with Gasteiger partial charge in [0.1, 0.15) is 5.82 Å². The van der Waals surface area contributed by atoms with Crippen LogP contribution in [0.1, 0.15) is 17.8 Å². The van der Waals surface area contributed by atoms with Crippen LogP contribution in [0.4, 0.5) is 0 Å². The molecule has 2 heteroatoms. The lowest BCUT2D eigenvalue weighted by Crippen LogP contribution is -2.01. The summed E-state index contributed by atoms with van der Waals surface area (Å²) in [5, 5.41) is -0.315. The van der Waals surface area contributed by atoms with Crippen molar-refractivity contribution in [1.29, 1.82) is 0 Å². The van der Waals surface area contributed by atoms with Gasteiger partial charge in [-0.2, -0.15) is 0 Å². The number of aromatic nitrogens is 2. The molecule has 0 bridgehead atoms. The monoisotopic (exact) mass is 535 g/mol. The minimum absolute atomic E-state index is 0.0177. The molecule has 0 saturated carbocycles. The van der Waals surface area contributed by atoms with E-state index in [1.54, 1.807) is 47.0 Å². The van der Waals surface area contributed by atoms with Crippen LogP contribution in [-0.4, -0.2) is 9.55 Å². The lowest BCUT2D eigenvalue weighted by atomic mass is 9.86. The van der Waals surface area contributed by atoms with Gasteiger partial charge in [-0.25, -0.2) is 4.98 Å². The normalized spacial score (nSPS) is 15.9. The fourth-order valence-electron chi connectivity index (χ4n) is 5.44. The molecule has 0 saturated heterocycles. The van der Waals surface area contributed by atoms with Gasteiger partial charge >= 0.3 is 0 Å². The van der Waals surface area contributed by atoms with Crippen molar-refractivity contribution in [1.82, 2.24) is 9.55 Å². The Morgan fingerprint density at radius 3 is 1.76 bits per heavy atom. The van der Waals surface area contributed by atoms with Crippen LogP contribution in [0.2, 0.25) is 0 Å². The maximum absolute atomic E-state index is 9.43. The molecule has 0 radical (unpaired) electrons. The van der Waals surface area contributed by atoms with E-state index in [4.69, 9.17) is 17.3 Å². The summed E-state index contributed by atoms with van der Waals surface area (Å²) in [6.07, 6.45) is 0. The molecule has 0 atom stereocenters. The zero-order valence-electron chi connectivity index (χ0n) is 34.4. The second-order valence-electron chi connectivity index (χ2n) is 9.39. The Labute approximate surface area is 257 Å². The number of nitrogens with zero attached hydrogens (tertiary/aromatic N) is 2. The van der Waals surface area contributed by atoms with Crippen LogP contribution in [0.5, 0.6) is 0 Å². The van der Waals surface area contributed by atoms with Gasteiger partial charge in [-0.3, -0.25) is 4.57 Å². The third-order valence-electron chi connectivity index (χ3n) is 7.13. The Kier molecular flexibility index (Phi) is 3.22. The first-order valence-electron chi connectivity index (χ1n) is 19.4. The quantitative estimate of drug-likeness (QED) is 0.205. The summed E-state index contributed by atoms with van der Waals surface area (Å²) in [5.74, 6) is 0.353. The summed E-state index contributed by atoms with van der Waals surface area (Å²) in [5.41, 5.74) is 1.74. The van der Waals surface area contributed by atoms with Crippen molar-refractivity contribution in [2.75, 3.05) is 0 Å². The van der Waals surface area contributed by atoms with Crippen molar-refractivity contribution in [3.05, 3.63) is 157 Å². The molecule has 0 aliphatic heterocycles. The van der Waals surface area contributed by atoms with Crippen molar-refractivity contribution in [2.45, 2.75) is 0 Å². The highest BCUT2D eigenvalue weighted by Gasteiger charge is 2.22. The van der Waals surface area contributed by atoms with Crippen LogP contribution in [0.3, 0.4) is 0 Å². The summed E-state index contributed by atoms with van der Waals surface area (Å²) >= 11 is 0. The van der Waals surface area contributed by atoms with Gasteiger partial charge in [0, 0.05) is 16.3 Å². The Balaban J connectivity index is 1.71. The first-order chi connectivity index (χ1) is 25.8. The van der Waals surface area contributed by atoms with E-state index in [1.165, 1.54) is 6.07 Å². The van der Waals surface area contributed by atoms with Gasteiger partial charge in [0.15, 0.2) is 0 Å². The van der Waals surface area contributed by atoms with Crippen LogP contribution < -0.4 is 0 Å². The molecule has 41 heavy (non-hydrogen) atoms. The first kappa shape index (κ1) is 13.7. The second-order valence-corrected chi connectivity index (χ2v) is 9.39. The van der Waals surface area contributed by atoms with E-state index in [1.807, 2.05) is 30.3 Å². The van der Waals surface area contributed by atoms with Crippen LogP contribution in [0, 0.1) is 0 Å². The molecule has 1 heterocycles. The van der Waals surface area contributed by atoms with Gasteiger partial charge < -0.3 is 0 Å². The van der Waals surface area contributed by atoms with Gasteiger partial charge in [-0.1, -0.05) is 145 Å². The Morgan fingerprint density at radius 2 is 1.05 bits per heavy atom. The number of rotatable bonds is 4. The third-order valence-corrected chi connectivity index (χ3v) is 7.13. The minimum Gasteiger partial charge on any atom is -0.291 e. The van der Waals surface area contributed by atoms with E-state index in [2.05, 4.69) is 0 Å². The summed E-state index contributed by atoms with van der Waals surface area (Å²) in [4.78, 5) is 4.92. The average Bonchev–Trinajstić information content (AvgIpc) is 3.58. The van der Waals surface area contributed by atoms with Gasteiger partial charge in [0.05, 0.1) is 34.5 Å². The van der Waals surface area contributed by atoms with Crippen LogP contribution in [-0.2, 0) is 0 Å². The first-order valence-corrected chi connectivity index (χ1v) is 12.9. The second kappa shape index (κ2) is 9.62. The zero-order valence-corrected chi connectivity index (χ0v) is 21.4. The number of benzene rings is 7. The van der Waals surface area contributed by atoms with Crippen molar-refractivity contribution < 1.29 is 17.8 Å². The number of hydrogen-bond acceptors (Lipinski definition) is 1. The molecule has 0 N–H and O–H groups in total. The molecule has 0 spiro atoms. The molecule has 7 aromatic carbocycles. The van der Waals surface area contributed by atoms with E-state index >= 15 is 0 Å². The highest BCUT2D eigenvalue weighted by molar-refractivity contribution is 6.20. The molecule has 0 aliphatic carbocycles. The molecular formula is C39H26N2. The van der Waals surface area contributed by atoms with Crippen molar-refractivity contribution in [3.63, 3.8) is 0 Å². The largest absolute Gasteiger partial charge is 0.291 e. The summed E-state index contributed by atoms with van der Waals surface area (Å²) in [7, 11) is 0. The summed E-state index contributed by atoms with van der Waals surface area (Å²) < 4.78 is 117. The molecule has 8 aromatic rings. The molecule has 0 unspecified atom stereocenters. The Hall–Kier alpha value is -5.47. The number of imidazole rings is 1. The third kappa shape index (κ3) is 3.76. The number of fused-ring (bicyclic) bond motifs is 3. The SMILES string of the molecule is [2H]c1c([2H])c([2H])c(-c2ccccc2-c2c3c([2H])c([2H])c([2H])c([2H])c3c(-n3c(-c4ccccc4)nc4ccccc43)c3c([2H])c([2H])c([2H])c([2H])c23)c([2H])c1[2H]. The maximum Gasteiger partial charge on any atom is 0.145 e. The smallest absolute Gasteiger partial charge is 0.145 e. The van der Waals surface area contributed by atoms with Crippen LogP contribution >= 0.6 is 0 Å². The highest BCUT2D eigenvalue weighted by Crippen LogP contribution is 2.45. The number of hydrogen-bond donors (Lipinski definition) is 0. The van der Waals surface area contributed by atoms with E-state index in [9.17, 15) is 5.48 Å². The van der Waals surface area contributed by atoms with Crippen LogP contribution in [0.15, 0.2) is 157 Å². The van der Waals surface area contributed by atoms with Gasteiger partial charge in [-0.15, -0.1) is 0 Å². The zero-order chi connectivity index (χ0) is 38.5. The molecule has 0 fully saturated rings. The van der Waals surface area contributed by atoms with E-state index < -0.39 is 78.6 Å². The van der Waals surface area contributed by atoms with Gasteiger partial charge in [0.2, 0.25) is 0 Å². The van der Waals surface area contributed by atoms with Gasteiger partial charge in [0.25, 0.3) is 0 Å².